The van der Waals surface area contributed by atoms with E-state index in [0.717, 1.165) is 19.4 Å². The molecule has 20 heavy (non-hydrogen) atoms. The SMILES string of the molecule is C[C@H]1C[C@@H](C(=O)NCCNC(=O)C(C)(C)C)CCN1.Cl. The summed E-state index contributed by atoms with van der Waals surface area (Å²) >= 11 is 0. The van der Waals surface area contributed by atoms with Crippen molar-refractivity contribution in [1.82, 2.24) is 16.0 Å². The summed E-state index contributed by atoms with van der Waals surface area (Å²) in [6.07, 6.45) is 1.78. The largest absolute Gasteiger partial charge is 0.354 e. The van der Waals surface area contributed by atoms with Gasteiger partial charge < -0.3 is 16.0 Å². The molecule has 0 bridgehead atoms. The van der Waals surface area contributed by atoms with E-state index in [9.17, 15) is 9.59 Å². The fraction of sp³-hybridized carbons (Fsp3) is 0.857. The Hall–Kier alpha value is -0.810. The summed E-state index contributed by atoms with van der Waals surface area (Å²) in [4.78, 5) is 23.6. The number of hydrogen-bond donors (Lipinski definition) is 3. The van der Waals surface area contributed by atoms with E-state index in [1.54, 1.807) is 0 Å². The van der Waals surface area contributed by atoms with Gasteiger partial charge in [-0.1, -0.05) is 20.8 Å². The van der Waals surface area contributed by atoms with Crippen LogP contribution < -0.4 is 16.0 Å². The average molecular weight is 306 g/mol. The maximum absolute atomic E-state index is 11.9. The monoisotopic (exact) mass is 305 g/mol. The van der Waals surface area contributed by atoms with E-state index in [0.29, 0.717) is 19.1 Å². The lowest BCUT2D eigenvalue weighted by atomic mass is 9.92. The standard InChI is InChI=1S/C14H27N3O2.ClH/c1-10-9-11(5-6-15-10)12(18)16-7-8-17-13(19)14(2,3)4;/h10-11,15H,5-9H2,1-4H3,(H,16,18)(H,17,19);1H/t10-,11-;/m0./s1. The Morgan fingerprint density at radius 2 is 1.80 bits per heavy atom. The Morgan fingerprint density at radius 3 is 2.35 bits per heavy atom. The number of hydrogen-bond acceptors (Lipinski definition) is 3. The van der Waals surface area contributed by atoms with Gasteiger partial charge in [-0.2, -0.15) is 0 Å². The number of carbonyl (C=O) groups is 2. The predicted molar refractivity (Wildman–Crippen MR) is 82.9 cm³/mol. The van der Waals surface area contributed by atoms with Crippen LogP contribution in [0.2, 0.25) is 0 Å². The van der Waals surface area contributed by atoms with Gasteiger partial charge >= 0.3 is 0 Å². The number of piperidine rings is 1. The van der Waals surface area contributed by atoms with Crippen molar-refractivity contribution in [2.24, 2.45) is 11.3 Å². The first kappa shape index (κ1) is 19.2. The molecule has 6 heteroatoms. The fourth-order valence-electron chi connectivity index (χ4n) is 2.14. The number of halogens is 1. The first-order valence-electron chi connectivity index (χ1n) is 7.10. The molecule has 0 aromatic carbocycles. The molecule has 1 aliphatic heterocycles. The molecule has 1 aliphatic rings. The summed E-state index contributed by atoms with van der Waals surface area (Å²) in [6, 6.07) is 0.407. The highest BCUT2D eigenvalue weighted by Gasteiger charge is 2.24. The van der Waals surface area contributed by atoms with Crippen LogP contribution in [0.25, 0.3) is 0 Å². The molecule has 2 atom stereocenters. The molecule has 0 aromatic rings. The number of rotatable bonds is 4. The third kappa shape index (κ3) is 6.57. The summed E-state index contributed by atoms with van der Waals surface area (Å²) in [5.74, 6) is 0.227. The molecule has 0 radical (unpaired) electrons. The van der Waals surface area contributed by atoms with Crippen LogP contribution in [0.5, 0.6) is 0 Å². The molecule has 1 heterocycles. The van der Waals surface area contributed by atoms with Gasteiger partial charge in [0.15, 0.2) is 0 Å². The normalized spacial score (nSPS) is 22.6. The van der Waals surface area contributed by atoms with E-state index in [1.807, 2.05) is 20.8 Å². The average Bonchev–Trinajstić information content (AvgIpc) is 2.32. The molecule has 0 unspecified atom stereocenters. The molecular formula is C14H28ClN3O2. The topological polar surface area (TPSA) is 70.2 Å². The van der Waals surface area contributed by atoms with Crippen molar-refractivity contribution < 1.29 is 9.59 Å². The van der Waals surface area contributed by atoms with Crippen LogP contribution in [-0.4, -0.2) is 37.5 Å². The molecule has 1 saturated heterocycles. The number of amides is 2. The number of nitrogens with one attached hydrogen (secondary N) is 3. The smallest absolute Gasteiger partial charge is 0.225 e. The van der Waals surface area contributed by atoms with E-state index in [1.165, 1.54) is 0 Å². The maximum Gasteiger partial charge on any atom is 0.225 e. The lowest BCUT2D eigenvalue weighted by Crippen LogP contribution is -2.44. The summed E-state index contributed by atoms with van der Waals surface area (Å²) < 4.78 is 0. The molecule has 0 saturated carbocycles. The van der Waals surface area contributed by atoms with Crippen LogP contribution in [0, 0.1) is 11.3 Å². The molecule has 0 spiro atoms. The maximum atomic E-state index is 11.9. The van der Waals surface area contributed by atoms with Crippen molar-refractivity contribution in [2.75, 3.05) is 19.6 Å². The van der Waals surface area contributed by atoms with E-state index in [-0.39, 0.29) is 35.6 Å². The van der Waals surface area contributed by atoms with Crippen molar-refractivity contribution in [1.29, 1.82) is 0 Å². The van der Waals surface area contributed by atoms with Gasteiger partial charge in [-0.25, -0.2) is 0 Å². The Labute approximate surface area is 128 Å². The van der Waals surface area contributed by atoms with Gasteiger partial charge in [0.25, 0.3) is 0 Å². The van der Waals surface area contributed by atoms with Gasteiger partial charge in [0.2, 0.25) is 11.8 Å². The minimum Gasteiger partial charge on any atom is -0.354 e. The summed E-state index contributed by atoms with van der Waals surface area (Å²) in [7, 11) is 0. The minimum absolute atomic E-state index is 0. The minimum atomic E-state index is -0.380. The van der Waals surface area contributed by atoms with Gasteiger partial charge in [0.1, 0.15) is 0 Å². The molecule has 0 aliphatic carbocycles. The zero-order valence-corrected chi connectivity index (χ0v) is 13.7. The third-order valence-corrected chi connectivity index (χ3v) is 3.39. The Bertz CT molecular complexity index is 329. The Balaban J connectivity index is 0.00000361. The van der Waals surface area contributed by atoms with Gasteiger partial charge in [-0.15, -0.1) is 12.4 Å². The van der Waals surface area contributed by atoms with Crippen LogP contribution in [0.3, 0.4) is 0 Å². The van der Waals surface area contributed by atoms with Crippen LogP contribution >= 0.6 is 12.4 Å². The van der Waals surface area contributed by atoms with Gasteiger partial charge in [0.05, 0.1) is 0 Å². The van der Waals surface area contributed by atoms with Crippen molar-refractivity contribution in [3.05, 3.63) is 0 Å². The first-order valence-corrected chi connectivity index (χ1v) is 7.10. The lowest BCUT2D eigenvalue weighted by molar-refractivity contribution is -0.129. The first-order chi connectivity index (χ1) is 8.80. The van der Waals surface area contributed by atoms with Gasteiger partial charge in [-0.3, -0.25) is 9.59 Å². The van der Waals surface area contributed by atoms with Crippen LogP contribution in [0.4, 0.5) is 0 Å². The van der Waals surface area contributed by atoms with Crippen molar-refractivity contribution in [3.8, 4) is 0 Å². The summed E-state index contributed by atoms with van der Waals surface area (Å²) in [5, 5.41) is 9.05. The second kappa shape index (κ2) is 8.47. The molecule has 2 amide bonds. The molecule has 118 valence electrons. The van der Waals surface area contributed by atoms with Crippen LogP contribution in [-0.2, 0) is 9.59 Å². The third-order valence-electron chi connectivity index (χ3n) is 3.39. The zero-order chi connectivity index (χ0) is 14.5. The second-order valence-corrected chi connectivity index (χ2v) is 6.37. The molecule has 1 fully saturated rings. The number of carbonyl (C=O) groups excluding carboxylic acids is 2. The molecule has 1 rings (SSSR count). The summed E-state index contributed by atoms with van der Waals surface area (Å²) in [5.41, 5.74) is -0.380. The lowest BCUT2D eigenvalue weighted by Gasteiger charge is -2.27. The van der Waals surface area contributed by atoms with Crippen LogP contribution in [0.1, 0.15) is 40.5 Å². The fourth-order valence-corrected chi connectivity index (χ4v) is 2.14. The second-order valence-electron chi connectivity index (χ2n) is 6.37. The van der Waals surface area contributed by atoms with Crippen molar-refractivity contribution in [3.63, 3.8) is 0 Å². The van der Waals surface area contributed by atoms with Gasteiger partial charge in [0, 0.05) is 30.5 Å². The van der Waals surface area contributed by atoms with Crippen molar-refractivity contribution >= 4 is 24.2 Å². The quantitative estimate of drug-likeness (QED) is 0.681. The summed E-state index contributed by atoms with van der Waals surface area (Å²) in [6.45, 7) is 9.61. The van der Waals surface area contributed by atoms with E-state index in [2.05, 4.69) is 22.9 Å². The molecule has 0 aromatic heterocycles. The highest BCUT2D eigenvalue weighted by atomic mass is 35.5. The molecule has 3 N–H and O–H groups in total. The Morgan fingerprint density at radius 1 is 1.20 bits per heavy atom. The van der Waals surface area contributed by atoms with Crippen molar-refractivity contribution in [2.45, 2.75) is 46.6 Å². The van der Waals surface area contributed by atoms with Gasteiger partial charge in [-0.05, 0) is 26.3 Å². The van der Waals surface area contributed by atoms with E-state index in [4.69, 9.17) is 0 Å². The molecule has 5 nitrogen and oxygen atoms in total. The Kier molecular flexibility index (Phi) is 8.13. The molecular weight excluding hydrogens is 278 g/mol. The highest BCUT2D eigenvalue weighted by molar-refractivity contribution is 5.85. The zero-order valence-electron chi connectivity index (χ0n) is 12.9. The predicted octanol–water partition coefficient (Wildman–Crippen LogP) is 1.07. The highest BCUT2D eigenvalue weighted by Crippen LogP contribution is 2.15. The van der Waals surface area contributed by atoms with Crippen LogP contribution in [0.15, 0.2) is 0 Å². The van der Waals surface area contributed by atoms with E-state index < -0.39 is 0 Å². The van der Waals surface area contributed by atoms with E-state index >= 15 is 0 Å².